The second-order valence-electron chi connectivity index (χ2n) is 5.27. The third kappa shape index (κ3) is 3.02. The molecular weight excluding hydrogens is 244 g/mol. The van der Waals surface area contributed by atoms with Crippen LogP contribution in [0, 0.1) is 5.41 Å². The molecule has 0 unspecified atom stereocenters. The lowest BCUT2D eigenvalue weighted by atomic mass is 9.77. The van der Waals surface area contributed by atoms with E-state index in [9.17, 15) is 4.79 Å². The van der Waals surface area contributed by atoms with Gasteiger partial charge in [-0.05, 0) is 32.6 Å². The van der Waals surface area contributed by atoms with E-state index >= 15 is 0 Å². The summed E-state index contributed by atoms with van der Waals surface area (Å²) < 4.78 is 0. The second-order valence-corrected chi connectivity index (χ2v) is 5.71. The zero-order chi connectivity index (χ0) is 13.8. The topological polar surface area (TPSA) is 46.3 Å². The third-order valence-electron chi connectivity index (χ3n) is 3.82. The van der Waals surface area contributed by atoms with Crippen molar-refractivity contribution in [3.05, 3.63) is 0 Å². The van der Waals surface area contributed by atoms with Crippen molar-refractivity contribution in [2.45, 2.75) is 65.3 Å². The average molecular weight is 270 g/mol. The van der Waals surface area contributed by atoms with E-state index < -0.39 is 5.41 Å². The van der Waals surface area contributed by atoms with Crippen LogP contribution in [0.3, 0.4) is 0 Å². The maximum atomic E-state index is 12.9. The summed E-state index contributed by atoms with van der Waals surface area (Å²) in [7, 11) is 0. The van der Waals surface area contributed by atoms with Gasteiger partial charge < -0.3 is 10.6 Å². The molecule has 0 saturated heterocycles. The Balaban J connectivity index is 2.98. The minimum absolute atomic E-state index is 0.170. The Kier molecular flexibility index (Phi) is 5.57. The van der Waals surface area contributed by atoms with E-state index in [0.29, 0.717) is 11.0 Å². The number of carbonyl (C=O) groups is 1. The van der Waals surface area contributed by atoms with E-state index in [1.165, 1.54) is 0 Å². The van der Waals surface area contributed by atoms with Crippen LogP contribution in [0.5, 0.6) is 0 Å². The van der Waals surface area contributed by atoms with Gasteiger partial charge in [-0.3, -0.25) is 4.79 Å². The van der Waals surface area contributed by atoms with E-state index in [-0.39, 0.29) is 5.91 Å². The van der Waals surface area contributed by atoms with Crippen molar-refractivity contribution in [2.75, 3.05) is 6.54 Å². The molecule has 1 fully saturated rings. The summed E-state index contributed by atoms with van der Waals surface area (Å²) in [6, 6.07) is 0.435. The van der Waals surface area contributed by atoms with Crippen LogP contribution in [0.1, 0.15) is 59.3 Å². The largest absolute Gasteiger partial charge is 0.392 e. The lowest BCUT2D eigenvalue weighted by molar-refractivity contribution is -0.139. The Morgan fingerprint density at radius 1 is 1.28 bits per heavy atom. The summed E-state index contributed by atoms with van der Waals surface area (Å²) in [5, 5.41) is 0. The molecule has 0 heterocycles. The normalized spacial score (nSPS) is 15.5. The van der Waals surface area contributed by atoms with Gasteiger partial charge in [-0.1, -0.05) is 38.9 Å². The van der Waals surface area contributed by atoms with Crippen LogP contribution >= 0.6 is 12.2 Å². The van der Waals surface area contributed by atoms with E-state index in [2.05, 4.69) is 13.8 Å². The molecule has 0 aromatic heterocycles. The van der Waals surface area contributed by atoms with Gasteiger partial charge in [0, 0.05) is 12.6 Å². The minimum Gasteiger partial charge on any atom is -0.392 e. The highest BCUT2D eigenvalue weighted by Gasteiger charge is 2.45. The van der Waals surface area contributed by atoms with Crippen molar-refractivity contribution in [3.63, 3.8) is 0 Å². The molecule has 18 heavy (non-hydrogen) atoms. The molecule has 0 bridgehead atoms. The quantitative estimate of drug-likeness (QED) is 0.690. The van der Waals surface area contributed by atoms with Gasteiger partial charge in [-0.25, -0.2) is 0 Å². The highest BCUT2D eigenvalue weighted by molar-refractivity contribution is 7.80. The van der Waals surface area contributed by atoms with Gasteiger partial charge >= 0.3 is 0 Å². The molecule has 0 aliphatic heterocycles. The second kappa shape index (κ2) is 6.50. The Bertz CT molecular complexity index is 307. The van der Waals surface area contributed by atoms with Gasteiger partial charge in [0.15, 0.2) is 0 Å². The van der Waals surface area contributed by atoms with Crippen molar-refractivity contribution in [2.24, 2.45) is 11.1 Å². The SMILES string of the molecule is CCCC(CCC)(C(=O)N(CC)C1CC1)C(N)=S. The fraction of sp³-hybridized carbons (Fsp3) is 0.857. The summed E-state index contributed by atoms with van der Waals surface area (Å²) in [5.41, 5.74) is 5.34. The molecule has 1 aliphatic carbocycles. The van der Waals surface area contributed by atoms with Gasteiger partial charge in [-0.2, -0.15) is 0 Å². The lowest BCUT2D eigenvalue weighted by Crippen LogP contribution is -2.51. The first-order chi connectivity index (χ1) is 8.53. The van der Waals surface area contributed by atoms with Crippen LogP contribution in [0.4, 0.5) is 0 Å². The van der Waals surface area contributed by atoms with Crippen LogP contribution in [-0.4, -0.2) is 28.4 Å². The fourth-order valence-electron chi connectivity index (χ4n) is 2.77. The molecule has 0 atom stereocenters. The number of hydrogen-bond acceptors (Lipinski definition) is 2. The van der Waals surface area contributed by atoms with Crippen molar-refractivity contribution < 1.29 is 4.79 Å². The molecule has 0 spiro atoms. The van der Waals surface area contributed by atoms with Crippen LogP contribution in [0.15, 0.2) is 0 Å². The van der Waals surface area contributed by atoms with Crippen LogP contribution in [0.2, 0.25) is 0 Å². The number of nitrogens with two attached hydrogens (primary N) is 1. The van der Waals surface area contributed by atoms with Crippen LogP contribution in [0.25, 0.3) is 0 Å². The van der Waals surface area contributed by atoms with Crippen LogP contribution < -0.4 is 5.73 Å². The minimum atomic E-state index is -0.600. The predicted octanol–water partition coefficient (Wildman–Crippen LogP) is 2.87. The van der Waals surface area contributed by atoms with Crippen molar-refractivity contribution in [1.29, 1.82) is 0 Å². The summed E-state index contributed by atoms with van der Waals surface area (Å²) in [6.07, 6.45) is 5.68. The van der Waals surface area contributed by atoms with Gasteiger partial charge in [0.2, 0.25) is 5.91 Å². The molecular formula is C14H26N2OS. The summed E-state index contributed by atoms with van der Waals surface area (Å²) in [4.78, 5) is 15.2. The van der Waals surface area contributed by atoms with Gasteiger partial charge in [-0.15, -0.1) is 0 Å². The monoisotopic (exact) mass is 270 g/mol. The smallest absolute Gasteiger partial charge is 0.235 e. The van der Waals surface area contributed by atoms with E-state index in [4.69, 9.17) is 18.0 Å². The summed E-state index contributed by atoms with van der Waals surface area (Å²) in [6.45, 7) is 6.98. The van der Waals surface area contributed by atoms with Crippen molar-refractivity contribution >= 4 is 23.1 Å². The molecule has 2 N–H and O–H groups in total. The molecule has 0 radical (unpaired) electrons. The fourth-order valence-corrected chi connectivity index (χ4v) is 3.06. The summed E-state index contributed by atoms with van der Waals surface area (Å²) >= 11 is 5.24. The molecule has 3 nitrogen and oxygen atoms in total. The summed E-state index contributed by atoms with van der Waals surface area (Å²) in [5.74, 6) is 0.170. The van der Waals surface area contributed by atoms with E-state index in [1.54, 1.807) is 0 Å². The molecule has 1 amide bonds. The Labute approximate surface area is 116 Å². The first-order valence-electron chi connectivity index (χ1n) is 7.14. The maximum absolute atomic E-state index is 12.9. The molecule has 0 aromatic carbocycles. The zero-order valence-electron chi connectivity index (χ0n) is 11.9. The number of thiocarbonyl (C=S) groups is 1. The highest BCUT2D eigenvalue weighted by Crippen LogP contribution is 2.37. The first-order valence-corrected chi connectivity index (χ1v) is 7.55. The first kappa shape index (κ1) is 15.4. The van der Waals surface area contributed by atoms with Crippen LogP contribution in [-0.2, 0) is 4.79 Å². The standard InChI is InChI=1S/C14H26N2OS/c1-4-9-14(10-5-2,12(15)18)13(17)16(6-3)11-7-8-11/h11H,4-10H2,1-3H3,(H2,15,18). The Hall–Kier alpha value is -0.640. The number of nitrogens with zero attached hydrogens (tertiary/aromatic N) is 1. The predicted molar refractivity (Wildman–Crippen MR) is 79.4 cm³/mol. The maximum Gasteiger partial charge on any atom is 0.235 e. The number of hydrogen-bond donors (Lipinski definition) is 1. The Morgan fingerprint density at radius 2 is 1.78 bits per heavy atom. The highest BCUT2D eigenvalue weighted by atomic mass is 32.1. The molecule has 1 aliphatic rings. The number of rotatable bonds is 8. The third-order valence-corrected chi connectivity index (χ3v) is 4.21. The van der Waals surface area contributed by atoms with E-state index in [0.717, 1.165) is 45.1 Å². The molecule has 4 heteroatoms. The van der Waals surface area contributed by atoms with Crippen molar-refractivity contribution in [1.82, 2.24) is 4.90 Å². The zero-order valence-corrected chi connectivity index (χ0v) is 12.7. The number of amides is 1. The lowest BCUT2D eigenvalue weighted by Gasteiger charge is -2.36. The average Bonchev–Trinajstić information content (AvgIpc) is 3.13. The van der Waals surface area contributed by atoms with E-state index in [1.807, 2.05) is 11.8 Å². The number of carbonyl (C=O) groups excluding carboxylic acids is 1. The van der Waals surface area contributed by atoms with Gasteiger partial charge in [0.25, 0.3) is 0 Å². The molecule has 1 rings (SSSR count). The Morgan fingerprint density at radius 3 is 2.06 bits per heavy atom. The molecule has 0 aromatic rings. The van der Waals surface area contributed by atoms with Crippen molar-refractivity contribution in [3.8, 4) is 0 Å². The molecule has 104 valence electrons. The van der Waals surface area contributed by atoms with Gasteiger partial charge in [0.05, 0.1) is 10.4 Å². The molecule has 1 saturated carbocycles. The van der Waals surface area contributed by atoms with Gasteiger partial charge in [0.1, 0.15) is 0 Å².